The van der Waals surface area contributed by atoms with Crippen molar-refractivity contribution in [3.8, 4) is 0 Å². The molecule has 2 aromatic carbocycles. The van der Waals surface area contributed by atoms with Crippen LogP contribution in [0.2, 0.25) is 5.02 Å². The number of fused-ring (bicyclic) bond motifs is 1. The third kappa shape index (κ3) is 1.35. The van der Waals surface area contributed by atoms with Gasteiger partial charge in [0.15, 0.2) is 0 Å². The van der Waals surface area contributed by atoms with Crippen molar-refractivity contribution in [1.82, 2.24) is 0 Å². The van der Waals surface area contributed by atoms with Gasteiger partial charge in [-0.25, -0.2) is 0 Å². The van der Waals surface area contributed by atoms with Gasteiger partial charge in [0.1, 0.15) is 0 Å². The smallest absolute Gasteiger partial charge is 0.0412 e. The lowest BCUT2D eigenvalue weighted by molar-refractivity contribution is 1.70. The second-order valence-electron chi connectivity index (χ2n) is 2.52. The Bertz CT molecular complexity index is 423. The Hall–Kier alpha value is -0.530. The summed E-state index contributed by atoms with van der Waals surface area (Å²) in [5.74, 6) is 0. The van der Waals surface area contributed by atoms with Gasteiger partial charge < -0.3 is 0 Å². The molecular weight excluding hydrogens is 235 g/mol. The molecule has 12 heavy (non-hydrogen) atoms. The zero-order chi connectivity index (χ0) is 8.55. The molecule has 2 heteroatoms. The highest BCUT2D eigenvalue weighted by Gasteiger charge is 1.97. The van der Waals surface area contributed by atoms with Crippen LogP contribution in [-0.2, 0) is 0 Å². The zero-order valence-electron chi connectivity index (χ0n) is 6.14. The first-order chi connectivity index (χ1) is 5.77. The lowest BCUT2D eigenvalue weighted by atomic mass is 10.1. The second-order valence-corrected chi connectivity index (χ2v) is 3.81. The van der Waals surface area contributed by atoms with Crippen LogP contribution in [0.25, 0.3) is 10.8 Å². The molecule has 2 rings (SSSR count). The summed E-state index contributed by atoms with van der Waals surface area (Å²) in [5, 5.41) is 2.93. The average Bonchev–Trinajstić information content (AvgIpc) is 2.04. The molecule has 0 bridgehead atoms. The molecule has 0 aliphatic rings. The molecule has 2 aromatic rings. The van der Waals surface area contributed by atoms with Crippen LogP contribution in [0.1, 0.15) is 0 Å². The lowest BCUT2D eigenvalue weighted by Crippen LogP contribution is -1.73. The van der Waals surface area contributed by atoms with Crippen LogP contribution in [0.3, 0.4) is 0 Å². The number of rotatable bonds is 0. The maximum Gasteiger partial charge on any atom is 0.0412 e. The molecule has 0 aliphatic heterocycles. The molecule has 0 unspecified atom stereocenters. The van der Waals surface area contributed by atoms with Crippen LogP contribution < -0.4 is 0 Å². The van der Waals surface area contributed by atoms with Gasteiger partial charge in [0.2, 0.25) is 0 Å². The van der Waals surface area contributed by atoms with Gasteiger partial charge >= 0.3 is 0 Å². The summed E-state index contributed by atoms with van der Waals surface area (Å²) in [6, 6.07) is 12.7. The highest BCUT2D eigenvalue weighted by atomic mass is 79.9. The first-order valence-electron chi connectivity index (χ1n) is 3.53. The maximum atomic E-state index is 5.84. The van der Waals surface area contributed by atoms with Crippen molar-refractivity contribution in [2.75, 3.05) is 0 Å². The van der Waals surface area contributed by atoms with Crippen LogP contribution >= 0.6 is 27.5 Å². The molecule has 0 N–H and O–H groups in total. The van der Waals surface area contributed by atoms with Crippen LogP contribution in [0, 0.1) is 6.07 Å². The van der Waals surface area contributed by atoms with E-state index in [0.717, 1.165) is 20.3 Å². The van der Waals surface area contributed by atoms with Crippen molar-refractivity contribution in [1.29, 1.82) is 0 Å². The molecule has 0 aromatic heterocycles. The topological polar surface area (TPSA) is 0 Å². The average molecular weight is 241 g/mol. The predicted octanol–water partition coefficient (Wildman–Crippen LogP) is 4.06. The molecule has 0 aliphatic carbocycles. The van der Waals surface area contributed by atoms with Crippen molar-refractivity contribution in [2.24, 2.45) is 0 Å². The Morgan fingerprint density at radius 3 is 2.92 bits per heavy atom. The number of halogens is 2. The highest BCUT2D eigenvalue weighted by molar-refractivity contribution is 9.10. The van der Waals surface area contributed by atoms with Gasteiger partial charge in [0, 0.05) is 9.50 Å². The lowest BCUT2D eigenvalue weighted by Gasteiger charge is -1.99. The molecule has 0 saturated heterocycles. The maximum absolute atomic E-state index is 5.84. The molecule has 0 saturated carbocycles. The van der Waals surface area contributed by atoms with Crippen LogP contribution in [0.5, 0.6) is 0 Å². The van der Waals surface area contributed by atoms with Crippen molar-refractivity contribution < 1.29 is 0 Å². The molecular formula is C10H5BrCl. The number of hydrogen-bond donors (Lipinski definition) is 0. The van der Waals surface area contributed by atoms with E-state index in [2.05, 4.69) is 22.0 Å². The Morgan fingerprint density at radius 1 is 1.25 bits per heavy atom. The van der Waals surface area contributed by atoms with E-state index in [9.17, 15) is 0 Å². The molecule has 1 radical (unpaired) electrons. The molecule has 0 nitrogen and oxygen atoms in total. The van der Waals surface area contributed by atoms with Crippen molar-refractivity contribution >= 4 is 38.3 Å². The summed E-state index contributed by atoms with van der Waals surface area (Å²) in [6.45, 7) is 0. The van der Waals surface area contributed by atoms with E-state index in [-0.39, 0.29) is 0 Å². The zero-order valence-corrected chi connectivity index (χ0v) is 8.48. The fraction of sp³-hybridized carbons (Fsp3) is 0. The minimum Gasteiger partial charge on any atom is -0.0843 e. The summed E-state index contributed by atoms with van der Waals surface area (Å²) < 4.78 is 1.08. The largest absolute Gasteiger partial charge is 0.0843 e. The first-order valence-corrected chi connectivity index (χ1v) is 4.70. The SMILES string of the molecule is Clc1ccc2c(Br)cc[c]c2c1. The van der Waals surface area contributed by atoms with Gasteiger partial charge in [-0.05, 0) is 35.0 Å². The van der Waals surface area contributed by atoms with E-state index in [1.54, 1.807) is 0 Å². The van der Waals surface area contributed by atoms with Gasteiger partial charge in [-0.1, -0.05) is 39.7 Å². The quantitative estimate of drug-likeness (QED) is 0.651. The first kappa shape index (κ1) is 8.09. The summed E-state index contributed by atoms with van der Waals surface area (Å²) in [4.78, 5) is 0. The third-order valence-corrected chi connectivity index (χ3v) is 2.63. The normalized spacial score (nSPS) is 10.5. The molecule has 0 fully saturated rings. The van der Waals surface area contributed by atoms with E-state index in [4.69, 9.17) is 11.6 Å². The van der Waals surface area contributed by atoms with Gasteiger partial charge in [0.05, 0.1) is 0 Å². The van der Waals surface area contributed by atoms with Gasteiger partial charge in [-0.3, -0.25) is 0 Å². The number of hydrogen-bond acceptors (Lipinski definition) is 0. The van der Waals surface area contributed by atoms with Crippen LogP contribution in [0.15, 0.2) is 34.8 Å². The van der Waals surface area contributed by atoms with Gasteiger partial charge in [-0.15, -0.1) is 0 Å². The second kappa shape index (κ2) is 3.08. The molecule has 0 amide bonds. The minimum atomic E-state index is 0.747. The molecule has 0 spiro atoms. The number of benzene rings is 2. The third-order valence-electron chi connectivity index (χ3n) is 1.71. The van der Waals surface area contributed by atoms with Crippen LogP contribution in [-0.4, -0.2) is 0 Å². The van der Waals surface area contributed by atoms with Crippen molar-refractivity contribution in [2.45, 2.75) is 0 Å². The van der Waals surface area contributed by atoms with E-state index in [1.807, 2.05) is 30.3 Å². The molecule has 0 atom stereocenters. The van der Waals surface area contributed by atoms with Crippen molar-refractivity contribution in [3.63, 3.8) is 0 Å². The summed E-state index contributed by atoms with van der Waals surface area (Å²) in [5.41, 5.74) is 0. The highest BCUT2D eigenvalue weighted by Crippen LogP contribution is 2.25. The van der Waals surface area contributed by atoms with Gasteiger partial charge in [0.25, 0.3) is 0 Å². The summed E-state index contributed by atoms with van der Waals surface area (Å²) >= 11 is 9.29. The van der Waals surface area contributed by atoms with E-state index in [1.165, 1.54) is 0 Å². The standard InChI is InChI=1S/C10H5BrCl/c11-10-3-1-2-7-6-8(12)4-5-9(7)10/h1,3-6H. The van der Waals surface area contributed by atoms with Gasteiger partial charge in [-0.2, -0.15) is 0 Å². The minimum absolute atomic E-state index is 0.747. The van der Waals surface area contributed by atoms with E-state index in [0.29, 0.717) is 0 Å². The monoisotopic (exact) mass is 239 g/mol. The van der Waals surface area contributed by atoms with E-state index < -0.39 is 0 Å². The predicted molar refractivity (Wildman–Crippen MR) is 55.5 cm³/mol. The van der Waals surface area contributed by atoms with Crippen LogP contribution in [0.4, 0.5) is 0 Å². The van der Waals surface area contributed by atoms with E-state index >= 15 is 0 Å². The molecule has 59 valence electrons. The fourth-order valence-electron chi connectivity index (χ4n) is 1.14. The Morgan fingerprint density at radius 2 is 2.08 bits per heavy atom. The molecule has 0 heterocycles. The Labute approximate surface area is 84.3 Å². The van der Waals surface area contributed by atoms with Crippen molar-refractivity contribution in [3.05, 3.63) is 45.9 Å². The Balaban J connectivity index is 2.86. The fourth-order valence-corrected chi connectivity index (χ4v) is 1.79. The Kier molecular flexibility index (Phi) is 2.07. The summed E-state index contributed by atoms with van der Waals surface area (Å²) in [7, 11) is 0. The summed E-state index contributed by atoms with van der Waals surface area (Å²) in [6.07, 6.45) is 0.